The Balaban J connectivity index is 1.75. The fourth-order valence-electron chi connectivity index (χ4n) is 4.48. The molecule has 1 fully saturated rings. The van der Waals surface area contributed by atoms with Crippen molar-refractivity contribution in [1.82, 2.24) is 9.88 Å². The third kappa shape index (κ3) is 5.45. The number of imidazole rings is 1. The molecule has 1 N–H and O–H groups in total. The van der Waals surface area contributed by atoms with Crippen LogP contribution in [0, 0.1) is 0 Å². The van der Waals surface area contributed by atoms with E-state index in [0.29, 0.717) is 61.1 Å². The molecular formula is C28H31N3O6. The molecule has 9 heteroatoms. The Labute approximate surface area is 215 Å². The Morgan fingerprint density at radius 2 is 1.81 bits per heavy atom. The number of carbonyl (C=O) groups is 2. The monoisotopic (exact) mass is 505 g/mol. The van der Waals surface area contributed by atoms with Crippen LogP contribution in [0.1, 0.15) is 37.4 Å². The Hall–Kier alpha value is -4.27. The summed E-state index contributed by atoms with van der Waals surface area (Å²) in [6, 6.07) is 11.0. The van der Waals surface area contributed by atoms with Crippen molar-refractivity contribution in [2.24, 2.45) is 0 Å². The molecule has 1 amide bonds. The lowest BCUT2D eigenvalue weighted by molar-refractivity contribution is -0.695. The first kappa shape index (κ1) is 25.8. The van der Waals surface area contributed by atoms with E-state index >= 15 is 0 Å². The second-order valence-electron chi connectivity index (χ2n) is 8.48. The number of hydrogen-bond acceptors (Lipinski definition) is 6. The van der Waals surface area contributed by atoms with Gasteiger partial charge in [-0.25, -0.2) is 4.57 Å². The smallest absolute Gasteiger partial charge is 0.295 e. The SMILES string of the molecule is CCOc1ccc(C([O-])=C2C(=O)C(=O)N(CCC[n+]3cc[nH]c3)C2c2ccc(OCC)c(OC)c2)cc1. The van der Waals surface area contributed by atoms with Crippen molar-refractivity contribution in [3.05, 3.63) is 77.9 Å². The number of nitrogens with zero attached hydrogens (tertiary/aromatic N) is 2. The van der Waals surface area contributed by atoms with Gasteiger partial charge in [-0.15, -0.1) is 0 Å². The zero-order valence-electron chi connectivity index (χ0n) is 21.2. The number of aromatic nitrogens is 2. The van der Waals surface area contributed by atoms with Crippen LogP contribution in [0.25, 0.3) is 5.76 Å². The van der Waals surface area contributed by atoms with Crippen molar-refractivity contribution in [3.8, 4) is 17.2 Å². The van der Waals surface area contributed by atoms with Crippen LogP contribution in [0.3, 0.4) is 0 Å². The molecule has 2 aromatic carbocycles. The van der Waals surface area contributed by atoms with Crippen molar-refractivity contribution >= 4 is 17.4 Å². The van der Waals surface area contributed by atoms with Gasteiger partial charge in [0.25, 0.3) is 5.91 Å². The van der Waals surface area contributed by atoms with Gasteiger partial charge in [0.2, 0.25) is 12.1 Å². The minimum absolute atomic E-state index is 0.0744. The number of likely N-dealkylation sites (tertiary alicyclic amines) is 1. The number of carbonyl (C=O) groups excluding carboxylic acids is 2. The molecule has 1 atom stereocenters. The molecule has 4 rings (SSSR count). The number of amides is 1. The van der Waals surface area contributed by atoms with Crippen LogP contribution in [0.5, 0.6) is 17.2 Å². The molecule has 0 bridgehead atoms. The number of ether oxygens (including phenoxy) is 3. The summed E-state index contributed by atoms with van der Waals surface area (Å²) in [5.41, 5.74) is 0.838. The largest absolute Gasteiger partial charge is 0.872 e. The maximum absolute atomic E-state index is 13.6. The molecule has 3 aromatic rings. The Morgan fingerprint density at radius 1 is 1.05 bits per heavy atom. The summed E-state index contributed by atoms with van der Waals surface area (Å²) in [5.74, 6) is -0.338. The minimum atomic E-state index is -0.847. The number of hydrogen-bond donors (Lipinski definition) is 1. The number of ketones is 1. The van der Waals surface area contributed by atoms with E-state index in [9.17, 15) is 14.7 Å². The van der Waals surface area contributed by atoms with E-state index < -0.39 is 23.5 Å². The zero-order valence-corrected chi connectivity index (χ0v) is 21.2. The fraction of sp³-hybridized carbons (Fsp3) is 0.321. The summed E-state index contributed by atoms with van der Waals surface area (Å²) < 4.78 is 18.6. The van der Waals surface area contributed by atoms with Gasteiger partial charge in [-0.3, -0.25) is 14.6 Å². The first-order valence-corrected chi connectivity index (χ1v) is 12.3. The first-order chi connectivity index (χ1) is 18.0. The van der Waals surface area contributed by atoms with Crippen LogP contribution < -0.4 is 23.9 Å². The molecule has 2 heterocycles. The van der Waals surface area contributed by atoms with Gasteiger partial charge in [0.05, 0.1) is 32.9 Å². The standard InChI is InChI=1S/C28H31N3O6/c1-4-36-21-10-7-19(8-11-21)26(32)24-25(20-9-12-22(37-5-2)23(17-20)35-3)31(28(34)27(24)33)15-6-14-30-16-13-29-18-30/h7-13,16-18,25H,4-6,14-15H2,1-3H3,(H,32,33). The van der Waals surface area contributed by atoms with E-state index in [4.69, 9.17) is 14.2 Å². The molecule has 1 aliphatic rings. The minimum Gasteiger partial charge on any atom is -0.872 e. The van der Waals surface area contributed by atoms with Crippen LogP contribution in [0.15, 0.2) is 66.8 Å². The first-order valence-electron chi connectivity index (χ1n) is 12.3. The average Bonchev–Trinajstić information content (AvgIpc) is 3.52. The lowest BCUT2D eigenvalue weighted by atomic mass is 9.95. The lowest BCUT2D eigenvalue weighted by Crippen LogP contribution is -2.36. The predicted molar refractivity (Wildman–Crippen MR) is 134 cm³/mol. The van der Waals surface area contributed by atoms with E-state index in [0.717, 1.165) is 0 Å². The third-order valence-electron chi connectivity index (χ3n) is 6.18. The van der Waals surface area contributed by atoms with Gasteiger partial charge in [0.1, 0.15) is 18.1 Å². The van der Waals surface area contributed by atoms with Gasteiger partial charge in [0, 0.05) is 18.5 Å². The molecular weight excluding hydrogens is 474 g/mol. The van der Waals surface area contributed by atoms with Crippen molar-refractivity contribution in [2.45, 2.75) is 32.9 Å². The predicted octanol–water partition coefficient (Wildman–Crippen LogP) is 2.42. The van der Waals surface area contributed by atoms with Crippen LogP contribution in [0.2, 0.25) is 0 Å². The van der Waals surface area contributed by atoms with Crippen LogP contribution in [-0.4, -0.2) is 48.4 Å². The van der Waals surface area contributed by atoms with Crippen molar-refractivity contribution in [1.29, 1.82) is 0 Å². The number of Topliss-reactive ketones (excluding diaryl/α,β-unsaturated/α-hetero) is 1. The molecule has 0 aliphatic carbocycles. The number of methoxy groups -OCH3 is 1. The summed E-state index contributed by atoms with van der Waals surface area (Å²) >= 11 is 0. The number of aryl methyl sites for hydroxylation is 1. The quantitative estimate of drug-likeness (QED) is 0.186. The Morgan fingerprint density at radius 3 is 2.46 bits per heavy atom. The van der Waals surface area contributed by atoms with Crippen molar-refractivity contribution in [2.75, 3.05) is 26.9 Å². The summed E-state index contributed by atoms with van der Waals surface area (Å²) in [6.45, 7) is 5.62. The summed E-state index contributed by atoms with van der Waals surface area (Å²) in [7, 11) is 1.52. The number of nitrogens with one attached hydrogen (secondary N) is 1. The highest BCUT2D eigenvalue weighted by molar-refractivity contribution is 6.46. The number of benzene rings is 2. The van der Waals surface area contributed by atoms with Crippen molar-refractivity contribution in [3.63, 3.8) is 0 Å². The van der Waals surface area contributed by atoms with Crippen LogP contribution >= 0.6 is 0 Å². The lowest BCUT2D eigenvalue weighted by Gasteiger charge is -2.28. The molecule has 9 nitrogen and oxygen atoms in total. The zero-order chi connectivity index (χ0) is 26.4. The average molecular weight is 506 g/mol. The summed E-state index contributed by atoms with van der Waals surface area (Å²) in [6.07, 6.45) is 6.11. The molecule has 0 saturated carbocycles. The summed E-state index contributed by atoms with van der Waals surface area (Å²) in [4.78, 5) is 30.9. The van der Waals surface area contributed by atoms with Crippen LogP contribution in [-0.2, 0) is 16.1 Å². The summed E-state index contributed by atoms with van der Waals surface area (Å²) in [5, 5.41) is 13.6. The van der Waals surface area contributed by atoms with Gasteiger partial charge < -0.3 is 24.2 Å². The molecule has 1 aromatic heterocycles. The molecule has 37 heavy (non-hydrogen) atoms. The van der Waals surface area contributed by atoms with Gasteiger partial charge in [-0.1, -0.05) is 24.0 Å². The molecule has 0 radical (unpaired) electrons. The highest BCUT2D eigenvalue weighted by atomic mass is 16.5. The number of H-pyrrole nitrogens is 1. The fourth-order valence-corrected chi connectivity index (χ4v) is 4.48. The molecule has 1 saturated heterocycles. The van der Waals surface area contributed by atoms with E-state index in [-0.39, 0.29) is 5.57 Å². The Kier molecular flexibility index (Phi) is 8.12. The molecule has 194 valence electrons. The van der Waals surface area contributed by atoms with E-state index in [2.05, 4.69) is 4.98 Å². The Bertz CT molecular complexity index is 1270. The van der Waals surface area contributed by atoms with Crippen molar-refractivity contribution < 1.29 is 33.5 Å². The topological polar surface area (TPSA) is 108 Å². The second-order valence-corrected chi connectivity index (χ2v) is 8.48. The highest BCUT2D eigenvalue weighted by Gasteiger charge is 2.44. The third-order valence-corrected chi connectivity index (χ3v) is 6.18. The van der Waals surface area contributed by atoms with Gasteiger partial charge in [0.15, 0.2) is 11.5 Å². The van der Waals surface area contributed by atoms with Gasteiger partial charge in [-0.2, -0.15) is 0 Å². The number of aromatic amines is 1. The van der Waals surface area contributed by atoms with Gasteiger partial charge >= 0.3 is 0 Å². The van der Waals surface area contributed by atoms with E-state index in [1.54, 1.807) is 48.7 Å². The maximum atomic E-state index is 13.6. The highest BCUT2D eigenvalue weighted by Crippen LogP contribution is 2.41. The van der Waals surface area contributed by atoms with Gasteiger partial charge in [-0.05, 0) is 49.2 Å². The number of rotatable bonds is 11. The molecule has 0 spiro atoms. The second kappa shape index (κ2) is 11.6. The molecule has 1 unspecified atom stereocenters. The maximum Gasteiger partial charge on any atom is 0.295 e. The molecule has 1 aliphatic heterocycles. The van der Waals surface area contributed by atoms with E-state index in [1.807, 2.05) is 30.9 Å². The normalized spacial score (nSPS) is 16.7. The van der Waals surface area contributed by atoms with Crippen LogP contribution in [0.4, 0.5) is 0 Å². The van der Waals surface area contributed by atoms with E-state index in [1.165, 1.54) is 12.0 Å².